The first-order chi connectivity index (χ1) is 10.8. The van der Waals surface area contributed by atoms with Gasteiger partial charge in [0.05, 0.1) is 23.7 Å². The largest absolute Gasteiger partial charge is 0.489 e. The molecule has 1 unspecified atom stereocenters. The van der Waals surface area contributed by atoms with Crippen LogP contribution in [0.1, 0.15) is 43.4 Å². The van der Waals surface area contributed by atoms with E-state index in [1.54, 1.807) is 24.5 Å². The second-order valence-electron chi connectivity index (χ2n) is 5.87. The summed E-state index contributed by atoms with van der Waals surface area (Å²) in [7, 11) is 0. The number of nitrogens with zero attached hydrogens (tertiary/aromatic N) is 2. The highest BCUT2D eigenvalue weighted by molar-refractivity contribution is 5.35. The molecule has 1 aliphatic carbocycles. The maximum atomic E-state index is 9.02. The number of nitrogens with one attached hydrogen (secondary N) is 1. The minimum atomic E-state index is 0.0915. The Morgan fingerprint density at radius 2 is 2.27 bits per heavy atom. The Bertz CT molecular complexity index is 624. The fourth-order valence-corrected chi connectivity index (χ4v) is 3.16. The summed E-state index contributed by atoms with van der Waals surface area (Å²) in [6.45, 7) is 0. The van der Waals surface area contributed by atoms with Crippen LogP contribution in [0.2, 0.25) is 0 Å². The van der Waals surface area contributed by atoms with Gasteiger partial charge in [-0.1, -0.05) is 19.3 Å². The van der Waals surface area contributed by atoms with E-state index in [0.717, 1.165) is 12.1 Å². The zero-order chi connectivity index (χ0) is 15.2. The molecule has 0 saturated heterocycles. The van der Waals surface area contributed by atoms with Gasteiger partial charge in [-0.2, -0.15) is 5.26 Å². The van der Waals surface area contributed by atoms with Crippen molar-refractivity contribution in [2.24, 2.45) is 5.92 Å². The number of H-pyrrole nitrogens is 1. The van der Waals surface area contributed by atoms with Gasteiger partial charge in [0.25, 0.3) is 0 Å². The topological polar surface area (TPSA) is 61.7 Å². The summed E-state index contributed by atoms with van der Waals surface area (Å²) in [6.07, 6.45) is 10.8. The summed E-state index contributed by atoms with van der Waals surface area (Å²) < 4.78 is 6.21. The van der Waals surface area contributed by atoms with E-state index >= 15 is 0 Å². The van der Waals surface area contributed by atoms with E-state index in [1.165, 1.54) is 32.1 Å². The first-order valence-electron chi connectivity index (χ1n) is 7.91. The van der Waals surface area contributed by atoms with Crippen LogP contribution in [0.15, 0.2) is 30.7 Å². The van der Waals surface area contributed by atoms with E-state index in [-0.39, 0.29) is 6.10 Å². The van der Waals surface area contributed by atoms with Crippen LogP contribution >= 0.6 is 0 Å². The lowest BCUT2D eigenvalue weighted by Crippen LogP contribution is -2.31. The fourth-order valence-electron chi connectivity index (χ4n) is 3.16. The normalized spacial score (nSPS) is 16.9. The second-order valence-corrected chi connectivity index (χ2v) is 5.87. The molecule has 1 heterocycles. The van der Waals surface area contributed by atoms with E-state index in [1.807, 2.05) is 6.20 Å². The summed E-state index contributed by atoms with van der Waals surface area (Å²) in [4.78, 5) is 7.33. The highest BCUT2D eigenvalue weighted by Gasteiger charge is 2.26. The van der Waals surface area contributed by atoms with Gasteiger partial charge >= 0.3 is 0 Å². The minimum absolute atomic E-state index is 0.0915. The van der Waals surface area contributed by atoms with Crippen molar-refractivity contribution in [3.8, 4) is 11.8 Å². The molecule has 113 valence electrons. The average molecular weight is 294 g/mol. The third kappa shape index (κ3) is 3.67. The third-order valence-corrected chi connectivity index (χ3v) is 4.32. The van der Waals surface area contributed by atoms with Gasteiger partial charge in [-0.15, -0.1) is 0 Å². The van der Waals surface area contributed by atoms with Gasteiger partial charge in [0.1, 0.15) is 11.9 Å². The first kappa shape index (κ1) is 14.6. The molecule has 0 aliphatic heterocycles. The molecule has 4 heteroatoms. The molecule has 1 radical (unpaired) electrons. The van der Waals surface area contributed by atoms with Gasteiger partial charge in [-0.3, -0.25) is 0 Å². The standard InChI is InChI=1S/C18H20N3O/c19-11-14-5-4-8-17(9-14)22-18(10-16-12-20-13-21-16)15-6-2-1-3-7-15/h4-5,9,12-13,15,18H,1-3,6-7,10H2,(H,20,21). The SMILES string of the molecule is N#Cc1cc[c]c(OC(Cc2c[nH]cn2)C2CCCCC2)c1. The molecule has 1 atom stereocenters. The van der Waals surface area contributed by atoms with Crippen molar-refractivity contribution in [3.05, 3.63) is 48.0 Å². The van der Waals surface area contributed by atoms with Crippen LogP contribution < -0.4 is 4.74 Å². The monoisotopic (exact) mass is 294 g/mol. The Morgan fingerprint density at radius 3 is 3.00 bits per heavy atom. The number of hydrogen-bond donors (Lipinski definition) is 1. The van der Waals surface area contributed by atoms with Gasteiger partial charge in [0.2, 0.25) is 0 Å². The summed E-state index contributed by atoms with van der Waals surface area (Å²) >= 11 is 0. The zero-order valence-electron chi connectivity index (χ0n) is 12.6. The average Bonchev–Trinajstić information content (AvgIpc) is 3.08. The molecule has 1 N–H and O–H groups in total. The maximum absolute atomic E-state index is 9.02. The Kier molecular flexibility index (Phi) is 4.75. The Morgan fingerprint density at radius 1 is 1.41 bits per heavy atom. The van der Waals surface area contributed by atoms with Crippen LogP contribution in [0.3, 0.4) is 0 Å². The van der Waals surface area contributed by atoms with Gasteiger partial charge in [-0.05, 0) is 37.0 Å². The Balaban J connectivity index is 1.76. The van der Waals surface area contributed by atoms with Crippen LogP contribution in [-0.2, 0) is 6.42 Å². The molecular weight excluding hydrogens is 274 g/mol. The van der Waals surface area contributed by atoms with Crippen LogP contribution in [0.25, 0.3) is 0 Å². The van der Waals surface area contributed by atoms with Crippen LogP contribution in [0.5, 0.6) is 5.75 Å². The lowest BCUT2D eigenvalue weighted by Gasteiger charge is -2.30. The number of rotatable bonds is 5. The van der Waals surface area contributed by atoms with E-state index in [9.17, 15) is 0 Å². The molecule has 0 amide bonds. The van der Waals surface area contributed by atoms with Crippen LogP contribution in [-0.4, -0.2) is 16.1 Å². The van der Waals surface area contributed by atoms with Crippen molar-refractivity contribution in [2.75, 3.05) is 0 Å². The van der Waals surface area contributed by atoms with Crippen LogP contribution in [0.4, 0.5) is 0 Å². The van der Waals surface area contributed by atoms with Crippen LogP contribution in [0, 0.1) is 23.3 Å². The van der Waals surface area contributed by atoms with Gasteiger partial charge < -0.3 is 9.72 Å². The molecule has 1 aromatic carbocycles. The number of aromatic amines is 1. The fraction of sp³-hybridized carbons (Fsp3) is 0.444. The Hall–Kier alpha value is -2.28. The van der Waals surface area contributed by atoms with Crippen molar-refractivity contribution >= 4 is 0 Å². The van der Waals surface area contributed by atoms with E-state index in [4.69, 9.17) is 10.00 Å². The molecule has 3 rings (SSSR count). The quantitative estimate of drug-likeness (QED) is 0.915. The number of ether oxygens (including phenoxy) is 1. The third-order valence-electron chi connectivity index (χ3n) is 4.32. The van der Waals surface area contributed by atoms with E-state index in [2.05, 4.69) is 22.1 Å². The summed E-state index contributed by atoms with van der Waals surface area (Å²) in [6, 6.07) is 10.5. The van der Waals surface area contributed by atoms with Crippen molar-refractivity contribution in [1.82, 2.24) is 9.97 Å². The molecule has 1 saturated carbocycles. The lowest BCUT2D eigenvalue weighted by molar-refractivity contribution is 0.106. The number of aromatic nitrogens is 2. The second kappa shape index (κ2) is 7.13. The summed E-state index contributed by atoms with van der Waals surface area (Å²) in [5, 5.41) is 9.02. The van der Waals surface area contributed by atoms with Crippen molar-refractivity contribution < 1.29 is 4.74 Å². The molecular formula is C18H20N3O. The predicted molar refractivity (Wildman–Crippen MR) is 83.3 cm³/mol. The van der Waals surface area contributed by atoms with Crippen molar-refractivity contribution in [2.45, 2.75) is 44.6 Å². The molecule has 1 aliphatic rings. The molecule has 2 aromatic rings. The lowest BCUT2D eigenvalue weighted by atomic mass is 9.83. The molecule has 1 fully saturated rings. The molecule has 22 heavy (non-hydrogen) atoms. The zero-order valence-corrected chi connectivity index (χ0v) is 12.6. The number of nitriles is 1. The van der Waals surface area contributed by atoms with E-state index in [0.29, 0.717) is 17.2 Å². The smallest absolute Gasteiger partial charge is 0.129 e. The molecule has 1 aromatic heterocycles. The van der Waals surface area contributed by atoms with Crippen molar-refractivity contribution in [3.63, 3.8) is 0 Å². The maximum Gasteiger partial charge on any atom is 0.129 e. The van der Waals surface area contributed by atoms with Gasteiger partial charge in [-0.25, -0.2) is 4.98 Å². The highest BCUT2D eigenvalue weighted by Crippen LogP contribution is 2.30. The predicted octanol–water partition coefficient (Wildman–Crippen LogP) is 3.65. The van der Waals surface area contributed by atoms with Crippen molar-refractivity contribution in [1.29, 1.82) is 5.26 Å². The first-order valence-corrected chi connectivity index (χ1v) is 7.91. The summed E-state index contributed by atoms with van der Waals surface area (Å²) in [5.41, 5.74) is 1.63. The number of hydrogen-bond acceptors (Lipinski definition) is 3. The minimum Gasteiger partial charge on any atom is -0.489 e. The highest BCUT2D eigenvalue weighted by atomic mass is 16.5. The van der Waals surface area contributed by atoms with E-state index < -0.39 is 0 Å². The van der Waals surface area contributed by atoms with Gasteiger partial charge in [0.15, 0.2) is 0 Å². The van der Waals surface area contributed by atoms with Gasteiger partial charge in [0, 0.05) is 18.7 Å². The molecule has 0 spiro atoms. The number of imidazole rings is 1. The molecule has 4 nitrogen and oxygen atoms in total. The molecule has 0 bridgehead atoms. The Labute approximate surface area is 131 Å². The number of benzene rings is 1. The summed E-state index contributed by atoms with van der Waals surface area (Å²) in [5.74, 6) is 1.20.